The smallest absolute Gasteiger partial charge is 0.137 e. The van der Waals surface area contributed by atoms with Crippen LogP contribution in [0, 0.1) is 6.92 Å². The zero-order valence-electron chi connectivity index (χ0n) is 12.0. The van der Waals surface area contributed by atoms with Crippen LogP contribution in [0.3, 0.4) is 0 Å². The van der Waals surface area contributed by atoms with Crippen molar-refractivity contribution in [1.82, 2.24) is 0 Å². The minimum Gasteiger partial charge on any atom is -0.459 e. The van der Waals surface area contributed by atoms with E-state index in [4.69, 9.17) is 10.2 Å². The highest BCUT2D eigenvalue weighted by molar-refractivity contribution is 5.89. The maximum atomic E-state index is 6.01. The van der Waals surface area contributed by atoms with Crippen LogP contribution in [0.25, 0.3) is 11.0 Å². The maximum Gasteiger partial charge on any atom is 0.137 e. The molecule has 0 bridgehead atoms. The van der Waals surface area contributed by atoms with Gasteiger partial charge in [0, 0.05) is 10.9 Å². The Morgan fingerprint density at radius 2 is 1.78 bits per heavy atom. The molecule has 98 valence electrons. The highest BCUT2D eigenvalue weighted by atomic mass is 16.3. The molecule has 2 N–H and O–H groups in total. The van der Waals surface area contributed by atoms with Crippen molar-refractivity contribution >= 4 is 11.0 Å². The summed E-state index contributed by atoms with van der Waals surface area (Å²) in [5.41, 5.74) is 10.7. The van der Waals surface area contributed by atoms with Crippen LogP contribution >= 0.6 is 0 Å². The van der Waals surface area contributed by atoms with Gasteiger partial charge in [-0.1, -0.05) is 39.8 Å². The normalized spacial score (nSPS) is 12.0. The summed E-state index contributed by atoms with van der Waals surface area (Å²) in [6.45, 7) is 11.4. The van der Waals surface area contributed by atoms with Crippen LogP contribution in [-0.4, -0.2) is 0 Å². The zero-order valence-corrected chi connectivity index (χ0v) is 12.0. The molecule has 2 nitrogen and oxygen atoms in total. The Morgan fingerprint density at radius 3 is 2.28 bits per heavy atom. The van der Waals surface area contributed by atoms with Crippen molar-refractivity contribution in [3.05, 3.63) is 34.6 Å². The molecule has 0 radical (unpaired) electrons. The Bertz CT molecular complexity index is 564. The lowest BCUT2D eigenvalue weighted by atomic mass is 9.90. The van der Waals surface area contributed by atoms with Gasteiger partial charge in [0.2, 0.25) is 0 Å². The SMILES string of the molecule is Cc1ccc(C(C)C)c2c(C(C)C)c(CN)oc12. The number of furan rings is 1. The van der Waals surface area contributed by atoms with Gasteiger partial charge in [-0.05, 0) is 29.9 Å². The standard InChI is InChI=1S/C16H23NO/c1-9(2)12-7-6-11(5)16-15(12)14(10(3)4)13(8-17)18-16/h6-7,9-10H,8,17H2,1-5H3. The third kappa shape index (κ3) is 1.95. The zero-order chi connectivity index (χ0) is 13.4. The molecule has 2 heteroatoms. The monoisotopic (exact) mass is 245 g/mol. The predicted molar refractivity (Wildman–Crippen MR) is 77.0 cm³/mol. The van der Waals surface area contributed by atoms with Gasteiger partial charge in [-0.25, -0.2) is 0 Å². The first-order chi connectivity index (χ1) is 8.47. The number of hydrogen-bond acceptors (Lipinski definition) is 2. The molecule has 0 aliphatic carbocycles. The molecule has 0 saturated heterocycles. The van der Waals surface area contributed by atoms with E-state index in [0.717, 1.165) is 11.3 Å². The van der Waals surface area contributed by atoms with Crippen molar-refractivity contribution in [3.8, 4) is 0 Å². The Hall–Kier alpha value is -1.28. The van der Waals surface area contributed by atoms with Crippen molar-refractivity contribution in [2.75, 3.05) is 0 Å². The molecule has 0 saturated carbocycles. The van der Waals surface area contributed by atoms with Gasteiger partial charge >= 0.3 is 0 Å². The van der Waals surface area contributed by atoms with Gasteiger partial charge in [-0.3, -0.25) is 0 Å². The highest BCUT2D eigenvalue weighted by Crippen LogP contribution is 2.38. The van der Waals surface area contributed by atoms with Crippen molar-refractivity contribution in [1.29, 1.82) is 0 Å². The summed E-state index contributed by atoms with van der Waals surface area (Å²) in [6, 6.07) is 4.37. The maximum absolute atomic E-state index is 6.01. The third-order valence-corrected chi connectivity index (χ3v) is 3.57. The first kappa shape index (κ1) is 13.2. The van der Waals surface area contributed by atoms with Crippen molar-refractivity contribution in [3.63, 3.8) is 0 Å². The summed E-state index contributed by atoms with van der Waals surface area (Å²) in [5, 5.41) is 1.29. The van der Waals surface area contributed by atoms with E-state index >= 15 is 0 Å². The molecule has 0 atom stereocenters. The predicted octanol–water partition coefficient (Wildman–Crippen LogP) is 4.45. The minimum atomic E-state index is 0.434. The summed E-state index contributed by atoms with van der Waals surface area (Å²) < 4.78 is 6.01. The number of nitrogens with two attached hydrogens (primary N) is 1. The molecule has 0 amide bonds. The van der Waals surface area contributed by atoms with Crippen LogP contribution in [-0.2, 0) is 6.54 Å². The fourth-order valence-corrected chi connectivity index (χ4v) is 2.67. The summed E-state index contributed by atoms with van der Waals surface area (Å²) in [4.78, 5) is 0. The van der Waals surface area contributed by atoms with Crippen LogP contribution in [0.1, 0.15) is 62.0 Å². The number of fused-ring (bicyclic) bond motifs is 1. The van der Waals surface area contributed by atoms with E-state index in [1.165, 1.54) is 22.1 Å². The molecule has 2 rings (SSSR count). The van der Waals surface area contributed by atoms with E-state index in [0.29, 0.717) is 18.4 Å². The minimum absolute atomic E-state index is 0.434. The van der Waals surface area contributed by atoms with Crippen molar-refractivity contribution in [2.45, 2.75) is 53.0 Å². The fraction of sp³-hybridized carbons (Fsp3) is 0.500. The number of hydrogen-bond donors (Lipinski definition) is 1. The first-order valence-corrected chi connectivity index (χ1v) is 6.72. The molecule has 0 spiro atoms. The molecule has 0 aliphatic rings. The largest absolute Gasteiger partial charge is 0.459 e. The van der Waals surface area contributed by atoms with E-state index in [2.05, 4.69) is 46.8 Å². The lowest BCUT2D eigenvalue weighted by molar-refractivity contribution is 0.540. The second kappa shape index (κ2) is 4.77. The van der Waals surface area contributed by atoms with E-state index < -0.39 is 0 Å². The lowest BCUT2D eigenvalue weighted by Gasteiger charge is -2.12. The first-order valence-electron chi connectivity index (χ1n) is 6.72. The van der Waals surface area contributed by atoms with Gasteiger partial charge in [-0.2, -0.15) is 0 Å². The van der Waals surface area contributed by atoms with Crippen LogP contribution in [0.15, 0.2) is 16.5 Å². The molecule has 18 heavy (non-hydrogen) atoms. The summed E-state index contributed by atoms with van der Waals surface area (Å²) in [5.74, 6) is 1.87. The fourth-order valence-electron chi connectivity index (χ4n) is 2.67. The summed E-state index contributed by atoms with van der Waals surface area (Å²) in [6.07, 6.45) is 0. The van der Waals surface area contributed by atoms with Crippen molar-refractivity contribution < 1.29 is 4.42 Å². The Labute approximate surface area is 109 Å². The lowest BCUT2D eigenvalue weighted by Crippen LogP contribution is -2.00. The van der Waals surface area contributed by atoms with E-state index in [-0.39, 0.29) is 0 Å². The quantitative estimate of drug-likeness (QED) is 0.867. The molecule has 1 heterocycles. The topological polar surface area (TPSA) is 39.2 Å². The Morgan fingerprint density at radius 1 is 1.11 bits per heavy atom. The second-order valence-electron chi connectivity index (χ2n) is 5.63. The average Bonchev–Trinajstić information content (AvgIpc) is 2.69. The van der Waals surface area contributed by atoms with Gasteiger partial charge in [0.05, 0.1) is 6.54 Å². The number of rotatable bonds is 3. The van der Waals surface area contributed by atoms with Crippen LogP contribution in [0.2, 0.25) is 0 Å². The van der Waals surface area contributed by atoms with Gasteiger partial charge in [0.1, 0.15) is 11.3 Å². The van der Waals surface area contributed by atoms with Crippen LogP contribution in [0.4, 0.5) is 0 Å². The van der Waals surface area contributed by atoms with Gasteiger partial charge < -0.3 is 10.2 Å². The molecule has 2 aromatic rings. The highest BCUT2D eigenvalue weighted by Gasteiger charge is 2.21. The molecular weight excluding hydrogens is 222 g/mol. The Balaban J connectivity index is 2.89. The van der Waals surface area contributed by atoms with Crippen LogP contribution in [0.5, 0.6) is 0 Å². The number of aryl methyl sites for hydroxylation is 1. The summed E-state index contributed by atoms with van der Waals surface area (Å²) >= 11 is 0. The molecular formula is C16H23NO. The van der Waals surface area contributed by atoms with Gasteiger partial charge in [-0.15, -0.1) is 0 Å². The second-order valence-corrected chi connectivity index (χ2v) is 5.63. The van der Waals surface area contributed by atoms with Crippen molar-refractivity contribution in [2.24, 2.45) is 5.73 Å². The molecule has 1 aromatic carbocycles. The van der Waals surface area contributed by atoms with Crippen LogP contribution < -0.4 is 5.73 Å². The third-order valence-electron chi connectivity index (χ3n) is 3.57. The Kier molecular flexibility index (Phi) is 3.49. The molecule has 1 aromatic heterocycles. The van der Waals surface area contributed by atoms with Gasteiger partial charge in [0.15, 0.2) is 0 Å². The summed E-state index contributed by atoms with van der Waals surface area (Å²) in [7, 11) is 0. The number of benzene rings is 1. The van der Waals surface area contributed by atoms with E-state index in [9.17, 15) is 0 Å². The van der Waals surface area contributed by atoms with E-state index in [1.807, 2.05) is 0 Å². The van der Waals surface area contributed by atoms with Gasteiger partial charge in [0.25, 0.3) is 0 Å². The molecule has 0 unspecified atom stereocenters. The average molecular weight is 245 g/mol. The van der Waals surface area contributed by atoms with E-state index in [1.54, 1.807) is 0 Å². The molecule has 0 aliphatic heterocycles. The molecule has 0 fully saturated rings.